The summed E-state index contributed by atoms with van der Waals surface area (Å²) < 4.78 is 25.5. The third kappa shape index (κ3) is 3.36. The van der Waals surface area contributed by atoms with Crippen LogP contribution in [0.15, 0.2) is 23.1 Å². The number of halogens is 2. The van der Waals surface area contributed by atoms with E-state index in [4.69, 9.17) is 29.6 Å². The second-order valence-corrected chi connectivity index (χ2v) is 6.05. The minimum Gasteiger partial charge on any atom is -0.207 e. The zero-order valence-corrected chi connectivity index (χ0v) is 11.5. The fraction of sp³-hybridized carbons (Fsp3) is 0.273. The number of rotatable bonds is 4. The Morgan fingerprint density at radius 3 is 2.24 bits per heavy atom. The predicted molar refractivity (Wildman–Crippen MR) is 69.7 cm³/mol. The van der Waals surface area contributed by atoms with Crippen LogP contribution in [-0.4, -0.2) is 25.8 Å². The van der Waals surface area contributed by atoms with Gasteiger partial charge in [0.1, 0.15) is 0 Å². The minimum absolute atomic E-state index is 0.0168. The normalized spacial score (nSPS) is 11.5. The summed E-state index contributed by atoms with van der Waals surface area (Å²) in [5.41, 5.74) is 0. The molecule has 0 N–H and O–H groups in total. The molecule has 0 saturated heterocycles. The smallest absolute Gasteiger partial charge is 0.207 e. The van der Waals surface area contributed by atoms with Crippen molar-refractivity contribution in [3.63, 3.8) is 0 Å². The van der Waals surface area contributed by atoms with Crippen molar-refractivity contribution in [3.05, 3.63) is 28.2 Å². The van der Waals surface area contributed by atoms with Crippen molar-refractivity contribution in [1.29, 1.82) is 0 Å². The maximum atomic E-state index is 12.2. The summed E-state index contributed by atoms with van der Waals surface area (Å²) in [6, 6.07) is 4.17. The zero-order valence-electron chi connectivity index (χ0n) is 9.15. The molecule has 0 saturated carbocycles. The lowest BCUT2D eigenvalue weighted by molar-refractivity contribution is 0.464. The summed E-state index contributed by atoms with van der Waals surface area (Å²) in [6.07, 6.45) is 5.13. The molecule has 0 atom stereocenters. The van der Waals surface area contributed by atoms with Gasteiger partial charge in [-0.15, -0.1) is 6.42 Å². The Hall–Kier alpha value is -0.730. The number of terminal acetylenes is 1. The highest BCUT2D eigenvalue weighted by molar-refractivity contribution is 7.89. The van der Waals surface area contributed by atoms with Crippen LogP contribution in [0.1, 0.15) is 6.92 Å². The molecule has 0 radical (unpaired) electrons. The highest BCUT2D eigenvalue weighted by Crippen LogP contribution is 2.24. The van der Waals surface area contributed by atoms with E-state index in [0.717, 1.165) is 0 Å². The summed E-state index contributed by atoms with van der Waals surface area (Å²) in [6.45, 7) is 2.01. The maximum Gasteiger partial charge on any atom is 0.244 e. The van der Waals surface area contributed by atoms with Crippen molar-refractivity contribution in [2.75, 3.05) is 13.1 Å². The van der Waals surface area contributed by atoms with Gasteiger partial charge in [0, 0.05) is 16.6 Å². The lowest BCUT2D eigenvalue weighted by atomic mass is 10.4. The van der Waals surface area contributed by atoms with Gasteiger partial charge in [-0.2, -0.15) is 4.31 Å². The molecule has 0 amide bonds. The van der Waals surface area contributed by atoms with Crippen LogP contribution in [0.5, 0.6) is 0 Å². The summed E-state index contributed by atoms with van der Waals surface area (Å²) in [5.74, 6) is 2.30. The van der Waals surface area contributed by atoms with Crippen LogP contribution in [0.2, 0.25) is 10.0 Å². The standard InChI is InChI=1S/C11H11Cl2NO2S/c1-3-5-14(4-2)17(15,16)11-7-9(12)6-10(13)8-11/h1,6-8H,4-5H2,2H3. The second kappa shape index (κ2) is 5.74. The van der Waals surface area contributed by atoms with Gasteiger partial charge in [-0.3, -0.25) is 0 Å². The number of benzene rings is 1. The molecule has 0 aromatic heterocycles. The van der Waals surface area contributed by atoms with Crippen LogP contribution < -0.4 is 0 Å². The van der Waals surface area contributed by atoms with E-state index in [1.165, 1.54) is 22.5 Å². The lowest BCUT2D eigenvalue weighted by Crippen LogP contribution is -2.31. The van der Waals surface area contributed by atoms with Gasteiger partial charge < -0.3 is 0 Å². The number of hydrogen-bond acceptors (Lipinski definition) is 2. The predicted octanol–water partition coefficient (Wildman–Crippen LogP) is 2.64. The minimum atomic E-state index is -3.64. The van der Waals surface area contributed by atoms with Crippen LogP contribution >= 0.6 is 23.2 Å². The molecular weight excluding hydrogens is 281 g/mol. The summed E-state index contributed by atoms with van der Waals surface area (Å²) in [7, 11) is -3.64. The molecule has 0 aliphatic carbocycles. The van der Waals surface area contributed by atoms with Gasteiger partial charge in [-0.25, -0.2) is 8.42 Å². The molecule has 0 aliphatic heterocycles. The Labute approximate surface area is 111 Å². The van der Waals surface area contributed by atoms with Crippen molar-refractivity contribution in [2.45, 2.75) is 11.8 Å². The molecule has 17 heavy (non-hydrogen) atoms. The molecule has 0 unspecified atom stereocenters. The van der Waals surface area contributed by atoms with Gasteiger partial charge in [-0.05, 0) is 18.2 Å². The average Bonchev–Trinajstić information content (AvgIpc) is 2.24. The monoisotopic (exact) mass is 291 g/mol. The molecular formula is C11H11Cl2NO2S. The molecule has 0 heterocycles. The third-order valence-corrected chi connectivity index (χ3v) is 4.43. The van der Waals surface area contributed by atoms with Crippen LogP contribution in [0.4, 0.5) is 0 Å². The largest absolute Gasteiger partial charge is 0.244 e. The fourth-order valence-corrected chi connectivity index (χ4v) is 3.38. The Morgan fingerprint density at radius 2 is 1.82 bits per heavy atom. The molecule has 1 aromatic carbocycles. The molecule has 0 bridgehead atoms. The first-order valence-corrected chi connectivity index (χ1v) is 7.01. The third-order valence-electron chi connectivity index (χ3n) is 2.09. The van der Waals surface area contributed by atoms with E-state index in [0.29, 0.717) is 0 Å². The van der Waals surface area contributed by atoms with Gasteiger partial charge in [0.25, 0.3) is 0 Å². The Balaban J connectivity index is 3.25. The molecule has 92 valence electrons. The summed E-state index contributed by atoms with van der Waals surface area (Å²) in [4.78, 5) is 0.0482. The van der Waals surface area contributed by atoms with Crippen LogP contribution in [0.3, 0.4) is 0 Å². The van der Waals surface area contributed by atoms with Crippen LogP contribution in [0, 0.1) is 12.3 Å². The first kappa shape index (κ1) is 14.3. The van der Waals surface area contributed by atoms with E-state index in [1.54, 1.807) is 6.92 Å². The van der Waals surface area contributed by atoms with E-state index in [2.05, 4.69) is 5.92 Å². The fourth-order valence-electron chi connectivity index (χ4n) is 1.30. The van der Waals surface area contributed by atoms with E-state index in [9.17, 15) is 8.42 Å². The topological polar surface area (TPSA) is 37.4 Å². The Morgan fingerprint density at radius 1 is 1.29 bits per heavy atom. The highest BCUT2D eigenvalue weighted by atomic mass is 35.5. The van der Waals surface area contributed by atoms with Gasteiger partial charge in [-0.1, -0.05) is 36.0 Å². The van der Waals surface area contributed by atoms with Crippen molar-refractivity contribution >= 4 is 33.2 Å². The summed E-state index contributed by atoms with van der Waals surface area (Å²) >= 11 is 11.5. The van der Waals surface area contributed by atoms with Gasteiger partial charge >= 0.3 is 0 Å². The van der Waals surface area contributed by atoms with Gasteiger partial charge in [0.15, 0.2) is 0 Å². The second-order valence-electron chi connectivity index (χ2n) is 3.24. The number of hydrogen-bond donors (Lipinski definition) is 0. The van der Waals surface area contributed by atoms with E-state index in [1.807, 2.05) is 0 Å². The lowest BCUT2D eigenvalue weighted by Gasteiger charge is -2.18. The van der Waals surface area contributed by atoms with E-state index in [-0.39, 0.29) is 28.0 Å². The average molecular weight is 292 g/mol. The van der Waals surface area contributed by atoms with Crippen LogP contribution in [0.25, 0.3) is 0 Å². The zero-order chi connectivity index (χ0) is 13.1. The van der Waals surface area contributed by atoms with Crippen molar-refractivity contribution in [3.8, 4) is 12.3 Å². The number of sulfonamides is 1. The highest BCUT2D eigenvalue weighted by Gasteiger charge is 2.22. The van der Waals surface area contributed by atoms with E-state index >= 15 is 0 Å². The van der Waals surface area contributed by atoms with Gasteiger partial charge in [0.2, 0.25) is 10.0 Å². The molecule has 0 aliphatic rings. The maximum absolute atomic E-state index is 12.2. The first-order valence-electron chi connectivity index (χ1n) is 4.81. The van der Waals surface area contributed by atoms with Crippen molar-refractivity contribution in [2.24, 2.45) is 0 Å². The molecule has 0 spiro atoms. The summed E-state index contributed by atoms with van der Waals surface area (Å²) in [5, 5.41) is 0.542. The molecule has 3 nitrogen and oxygen atoms in total. The molecule has 6 heteroatoms. The first-order chi connectivity index (χ1) is 7.91. The number of nitrogens with zero attached hydrogens (tertiary/aromatic N) is 1. The Bertz CT molecular complexity index is 529. The molecule has 1 rings (SSSR count). The van der Waals surface area contributed by atoms with Gasteiger partial charge in [0.05, 0.1) is 11.4 Å². The van der Waals surface area contributed by atoms with E-state index < -0.39 is 10.0 Å². The molecule has 1 aromatic rings. The van der Waals surface area contributed by atoms with Crippen molar-refractivity contribution in [1.82, 2.24) is 4.31 Å². The van der Waals surface area contributed by atoms with Crippen LogP contribution in [-0.2, 0) is 10.0 Å². The quantitative estimate of drug-likeness (QED) is 0.800. The van der Waals surface area contributed by atoms with Crippen molar-refractivity contribution < 1.29 is 8.42 Å². The Kier molecular flexibility index (Phi) is 4.84. The SMILES string of the molecule is C#CCN(CC)S(=O)(=O)c1cc(Cl)cc(Cl)c1. The molecule has 0 fully saturated rings.